The maximum Gasteiger partial charge on any atom is 0.131 e. The molecule has 1 aliphatic heterocycles. The van der Waals surface area contributed by atoms with Gasteiger partial charge in [-0.3, -0.25) is 4.90 Å². The summed E-state index contributed by atoms with van der Waals surface area (Å²) in [6, 6.07) is 4.92. The van der Waals surface area contributed by atoms with Crippen LogP contribution in [0.2, 0.25) is 0 Å². The first-order valence-electron chi connectivity index (χ1n) is 7.54. The largest absolute Gasteiger partial charge is 0.497 e. The Hall–Kier alpha value is -1.17. The maximum atomic E-state index is 14.0. The molecule has 2 atom stereocenters. The molecular formula is C16H25FN2O2. The van der Waals surface area contributed by atoms with Crippen molar-refractivity contribution in [2.45, 2.75) is 26.0 Å². The number of methoxy groups -OCH3 is 1. The van der Waals surface area contributed by atoms with Gasteiger partial charge in [0, 0.05) is 37.3 Å². The van der Waals surface area contributed by atoms with Gasteiger partial charge in [-0.2, -0.15) is 0 Å². The first-order chi connectivity index (χ1) is 10.1. The topological polar surface area (TPSA) is 33.7 Å². The van der Waals surface area contributed by atoms with Gasteiger partial charge in [-0.1, -0.05) is 13.0 Å². The van der Waals surface area contributed by atoms with Crippen LogP contribution in [0.3, 0.4) is 0 Å². The number of morpholine rings is 1. The Morgan fingerprint density at radius 1 is 1.52 bits per heavy atom. The van der Waals surface area contributed by atoms with Gasteiger partial charge >= 0.3 is 0 Å². The Morgan fingerprint density at radius 3 is 3.00 bits per heavy atom. The third-order valence-corrected chi connectivity index (χ3v) is 4.00. The predicted molar refractivity (Wildman–Crippen MR) is 81.2 cm³/mol. The van der Waals surface area contributed by atoms with Crippen molar-refractivity contribution in [3.8, 4) is 5.75 Å². The molecule has 0 spiro atoms. The standard InChI is InChI=1S/C16H25FN2O2/c1-4-19-7-8-21-14(11-19)10-18-12(2)15-6-5-13(20-3)9-16(15)17/h5-6,9,12,14,18H,4,7-8,10-11H2,1-3H3. The summed E-state index contributed by atoms with van der Waals surface area (Å²) in [6.45, 7) is 8.59. The molecule has 4 nitrogen and oxygen atoms in total. The summed E-state index contributed by atoms with van der Waals surface area (Å²) >= 11 is 0. The molecule has 118 valence electrons. The minimum atomic E-state index is -0.242. The molecule has 0 bridgehead atoms. The van der Waals surface area contributed by atoms with Crippen molar-refractivity contribution in [3.05, 3.63) is 29.6 Å². The molecule has 2 rings (SSSR count). The number of benzene rings is 1. The van der Waals surface area contributed by atoms with Crippen LogP contribution in [-0.4, -0.2) is 50.9 Å². The molecule has 0 radical (unpaired) electrons. The smallest absolute Gasteiger partial charge is 0.131 e. The molecule has 0 amide bonds. The van der Waals surface area contributed by atoms with Crippen molar-refractivity contribution in [2.75, 3.05) is 39.9 Å². The molecule has 1 heterocycles. The molecule has 0 aliphatic carbocycles. The number of hydrogen-bond acceptors (Lipinski definition) is 4. The molecule has 1 aromatic carbocycles. The van der Waals surface area contributed by atoms with E-state index in [1.54, 1.807) is 12.1 Å². The highest BCUT2D eigenvalue weighted by Crippen LogP contribution is 2.21. The molecule has 1 saturated heterocycles. The number of nitrogens with zero attached hydrogens (tertiary/aromatic N) is 1. The van der Waals surface area contributed by atoms with Crippen LogP contribution in [0, 0.1) is 5.82 Å². The van der Waals surface area contributed by atoms with Crippen LogP contribution in [0.1, 0.15) is 25.5 Å². The van der Waals surface area contributed by atoms with Gasteiger partial charge in [0.05, 0.1) is 19.8 Å². The van der Waals surface area contributed by atoms with Gasteiger partial charge in [-0.05, 0) is 19.5 Å². The van der Waals surface area contributed by atoms with Crippen molar-refractivity contribution in [2.24, 2.45) is 0 Å². The quantitative estimate of drug-likeness (QED) is 0.872. The van der Waals surface area contributed by atoms with Gasteiger partial charge in [-0.25, -0.2) is 4.39 Å². The maximum absolute atomic E-state index is 14.0. The van der Waals surface area contributed by atoms with E-state index in [9.17, 15) is 4.39 Å². The molecular weight excluding hydrogens is 271 g/mol. The second kappa shape index (κ2) is 7.73. The Balaban J connectivity index is 1.88. The van der Waals surface area contributed by atoms with Crippen LogP contribution in [-0.2, 0) is 4.74 Å². The number of ether oxygens (including phenoxy) is 2. The molecule has 1 aromatic rings. The van der Waals surface area contributed by atoms with E-state index in [-0.39, 0.29) is 18.0 Å². The number of likely N-dealkylation sites (N-methyl/N-ethyl adjacent to an activating group) is 1. The SMILES string of the molecule is CCN1CCOC(CNC(C)c2ccc(OC)cc2F)C1. The van der Waals surface area contributed by atoms with Gasteiger partial charge in [0.15, 0.2) is 0 Å². The van der Waals surface area contributed by atoms with Gasteiger partial charge < -0.3 is 14.8 Å². The lowest BCUT2D eigenvalue weighted by Gasteiger charge is -2.32. The second-order valence-corrected chi connectivity index (χ2v) is 5.40. The van der Waals surface area contributed by atoms with Crippen LogP contribution >= 0.6 is 0 Å². The van der Waals surface area contributed by atoms with Crippen molar-refractivity contribution in [1.82, 2.24) is 10.2 Å². The first-order valence-corrected chi connectivity index (χ1v) is 7.54. The predicted octanol–water partition coefficient (Wildman–Crippen LogP) is 2.21. The zero-order chi connectivity index (χ0) is 15.2. The highest BCUT2D eigenvalue weighted by atomic mass is 19.1. The second-order valence-electron chi connectivity index (χ2n) is 5.40. The normalized spacial score (nSPS) is 21.2. The third-order valence-electron chi connectivity index (χ3n) is 4.00. The van der Waals surface area contributed by atoms with Crippen molar-refractivity contribution < 1.29 is 13.9 Å². The summed E-state index contributed by atoms with van der Waals surface area (Å²) in [5.74, 6) is 0.298. The Morgan fingerprint density at radius 2 is 2.33 bits per heavy atom. The van der Waals surface area contributed by atoms with E-state index in [0.717, 1.165) is 32.8 Å². The lowest BCUT2D eigenvalue weighted by atomic mass is 10.1. The average molecular weight is 296 g/mol. The van der Waals surface area contributed by atoms with Crippen molar-refractivity contribution >= 4 is 0 Å². The summed E-state index contributed by atoms with van der Waals surface area (Å²) in [4.78, 5) is 2.37. The molecule has 0 saturated carbocycles. The van der Waals surface area contributed by atoms with Crippen LogP contribution in [0.4, 0.5) is 4.39 Å². The van der Waals surface area contributed by atoms with E-state index in [1.807, 2.05) is 6.92 Å². The lowest BCUT2D eigenvalue weighted by Crippen LogP contribution is -2.46. The minimum absolute atomic E-state index is 0.0588. The van der Waals surface area contributed by atoms with Crippen LogP contribution in [0.15, 0.2) is 18.2 Å². The monoisotopic (exact) mass is 296 g/mol. The van der Waals surface area contributed by atoms with Crippen LogP contribution in [0.5, 0.6) is 5.75 Å². The fourth-order valence-electron chi connectivity index (χ4n) is 2.60. The van der Waals surface area contributed by atoms with E-state index in [4.69, 9.17) is 9.47 Å². The Labute approximate surface area is 126 Å². The van der Waals surface area contributed by atoms with Gasteiger partial charge in [0.25, 0.3) is 0 Å². The fraction of sp³-hybridized carbons (Fsp3) is 0.625. The molecule has 0 aromatic heterocycles. The molecule has 2 unspecified atom stereocenters. The van der Waals surface area contributed by atoms with E-state index < -0.39 is 0 Å². The van der Waals surface area contributed by atoms with Gasteiger partial charge in [0.2, 0.25) is 0 Å². The number of hydrogen-bond donors (Lipinski definition) is 1. The van der Waals surface area contributed by atoms with E-state index >= 15 is 0 Å². The zero-order valence-electron chi connectivity index (χ0n) is 13.1. The van der Waals surface area contributed by atoms with Gasteiger partial charge in [-0.15, -0.1) is 0 Å². The molecule has 21 heavy (non-hydrogen) atoms. The average Bonchev–Trinajstić information content (AvgIpc) is 2.52. The summed E-state index contributed by atoms with van der Waals surface area (Å²) in [7, 11) is 1.54. The number of rotatable bonds is 6. The lowest BCUT2D eigenvalue weighted by molar-refractivity contribution is -0.0262. The molecule has 1 fully saturated rings. The minimum Gasteiger partial charge on any atom is -0.497 e. The highest BCUT2D eigenvalue weighted by Gasteiger charge is 2.20. The Kier molecular flexibility index (Phi) is 5.96. The van der Waals surface area contributed by atoms with Crippen LogP contribution in [0.25, 0.3) is 0 Å². The summed E-state index contributed by atoms with van der Waals surface area (Å²) in [5.41, 5.74) is 0.652. The molecule has 1 aliphatic rings. The number of nitrogens with one attached hydrogen (secondary N) is 1. The van der Waals surface area contributed by atoms with E-state index in [1.165, 1.54) is 13.2 Å². The summed E-state index contributed by atoms with van der Waals surface area (Å²) in [6.07, 6.45) is 0.169. The third kappa shape index (κ3) is 4.40. The van der Waals surface area contributed by atoms with Crippen LogP contribution < -0.4 is 10.1 Å². The van der Waals surface area contributed by atoms with Crippen molar-refractivity contribution in [1.29, 1.82) is 0 Å². The summed E-state index contributed by atoms with van der Waals surface area (Å²) < 4.78 is 24.8. The van der Waals surface area contributed by atoms with Gasteiger partial charge in [0.1, 0.15) is 11.6 Å². The van der Waals surface area contributed by atoms with E-state index in [2.05, 4.69) is 17.1 Å². The van der Waals surface area contributed by atoms with Crippen molar-refractivity contribution in [3.63, 3.8) is 0 Å². The molecule has 5 heteroatoms. The summed E-state index contributed by atoms with van der Waals surface area (Å²) in [5, 5.41) is 3.36. The van der Waals surface area contributed by atoms with E-state index in [0.29, 0.717) is 11.3 Å². The zero-order valence-corrected chi connectivity index (χ0v) is 13.1. The molecule has 1 N–H and O–H groups in total. The fourth-order valence-corrected chi connectivity index (χ4v) is 2.60. The highest BCUT2D eigenvalue weighted by molar-refractivity contribution is 5.30. The Bertz CT molecular complexity index is 456. The number of halogens is 1. The first kappa shape index (κ1) is 16.2.